The summed E-state index contributed by atoms with van der Waals surface area (Å²) in [6, 6.07) is 0. The van der Waals surface area contributed by atoms with Crippen molar-refractivity contribution in [1.82, 2.24) is 0 Å². The predicted molar refractivity (Wildman–Crippen MR) is 46.0 cm³/mol. The molecular weight excluding hydrogens is 208 g/mol. The Morgan fingerprint density at radius 1 is 1.07 bits per heavy atom. The van der Waals surface area contributed by atoms with Crippen LogP contribution in [0.5, 0.6) is 0 Å². The van der Waals surface area contributed by atoms with Crippen LogP contribution in [0.3, 0.4) is 0 Å². The van der Waals surface area contributed by atoms with Crippen molar-refractivity contribution in [2.75, 3.05) is 6.61 Å². The van der Waals surface area contributed by atoms with E-state index < -0.39 is 49.5 Å². The van der Waals surface area contributed by atoms with Crippen LogP contribution in [-0.2, 0) is 9.53 Å². The third-order valence-electron chi connectivity index (χ3n) is 2.37. The summed E-state index contributed by atoms with van der Waals surface area (Å²) in [6.07, 6.45) is -7.11. The highest BCUT2D eigenvalue weighted by Gasteiger charge is 2.43. The molecule has 1 aliphatic heterocycles. The zero-order valence-electron chi connectivity index (χ0n) is 7.85. The van der Waals surface area contributed by atoms with Crippen LogP contribution in [-0.4, -0.2) is 68.6 Å². The van der Waals surface area contributed by atoms with Gasteiger partial charge in [-0.25, -0.2) is 0 Å². The van der Waals surface area contributed by atoms with Gasteiger partial charge in [0.1, 0.15) is 24.4 Å². The Bertz CT molecular complexity index is 229. The fourth-order valence-corrected chi connectivity index (χ4v) is 1.52. The van der Waals surface area contributed by atoms with E-state index in [1.165, 1.54) is 0 Å². The van der Waals surface area contributed by atoms with Crippen molar-refractivity contribution in [2.45, 2.75) is 36.9 Å². The van der Waals surface area contributed by atoms with Gasteiger partial charge in [0.15, 0.2) is 0 Å². The van der Waals surface area contributed by atoms with Gasteiger partial charge in [0.25, 0.3) is 0 Å². The molecule has 0 aliphatic carbocycles. The number of hydrogen-bond acceptors (Lipinski definition) is 6. The summed E-state index contributed by atoms with van der Waals surface area (Å²) in [5.41, 5.74) is 0. The third-order valence-corrected chi connectivity index (χ3v) is 2.37. The average Bonchev–Trinajstić information content (AvgIpc) is 2.18. The van der Waals surface area contributed by atoms with Gasteiger partial charge in [0.05, 0.1) is 19.1 Å². The van der Waals surface area contributed by atoms with Crippen LogP contribution in [0.2, 0.25) is 0 Å². The lowest BCUT2D eigenvalue weighted by atomic mass is 9.94. The summed E-state index contributed by atoms with van der Waals surface area (Å²) in [5.74, 6) is -1.20. The quantitative estimate of drug-likeness (QED) is 0.351. The monoisotopic (exact) mass is 222 g/mol. The zero-order valence-corrected chi connectivity index (χ0v) is 7.85. The number of carboxylic acids is 1. The largest absolute Gasteiger partial charge is 0.481 e. The number of carboxylic acid groups (broad SMARTS) is 1. The molecule has 1 fully saturated rings. The van der Waals surface area contributed by atoms with E-state index in [9.17, 15) is 20.1 Å². The molecule has 5 N–H and O–H groups in total. The maximum atomic E-state index is 10.4. The fraction of sp³-hybridized carbons (Fsp3) is 0.875. The number of carbonyl (C=O) groups is 1. The van der Waals surface area contributed by atoms with Crippen LogP contribution < -0.4 is 0 Å². The summed E-state index contributed by atoms with van der Waals surface area (Å²) in [4.78, 5) is 10.4. The van der Waals surface area contributed by atoms with Gasteiger partial charge in [-0.15, -0.1) is 0 Å². The van der Waals surface area contributed by atoms with Crippen LogP contribution in [0.1, 0.15) is 6.42 Å². The maximum Gasteiger partial charge on any atom is 0.306 e. The number of hydrogen-bond donors (Lipinski definition) is 5. The Balaban J connectivity index is 2.69. The molecule has 0 aromatic rings. The highest BCUT2D eigenvalue weighted by Crippen LogP contribution is 2.22. The average molecular weight is 222 g/mol. The van der Waals surface area contributed by atoms with Gasteiger partial charge in [-0.3, -0.25) is 4.79 Å². The van der Waals surface area contributed by atoms with Gasteiger partial charge >= 0.3 is 5.97 Å². The van der Waals surface area contributed by atoms with E-state index in [2.05, 4.69) is 0 Å². The second-order valence-corrected chi connectivity index (χ2v) is 3.47. The smallest absolute Gasteiger partial charge is 0.306 e. The van der Waals surface area contributed by atoms with E-state index in [0.29, 0.717) is 0 Å². The summed E-state index contributed by atoms with van der Waals surface area (Å²) in [6.45, 7) is -0.554. The highest BCUT2D eigenvalue weighted by molar-refractivity contribution is 5.67. The molecule has 7 heteroatoms. The molecule has 0 bridgehead atoms. The molecule has 5 atom stereocenters. The van der Waals surface area contributed by atoms with E-state index in [1.807, 2.05) is 0 Å². The minimum Gasteiger partial charge on any atom is -0.481 e. The fourth-order valence-electron chi connectivity index (χ4n) is 1.52. The molecule has 15 heavy (non-hydrogen) atoms. The minimum atomic E-state index is -1.51. The summed E-state index contributed by atoms with van der Waals surface area (Å²) in [7, 11) is 0. The normalized spacial score (nSPS) is 41.5. The van der Waals surface area contributed by atoms with E-state index in [1.54, 1.807) is 0 Å². The molecule has 1 unspecified atom stereocenters. The number of ether oxygens (including phenoxy) is 1. The first-order valence-electron chi connectivity index (χ1n) is 4.49. The summed E-state index contributed by atoms with van der Waals surface area (Å²) < 4.78 is 4.95. The SMILES string of the molecule is O=C(O)C[C@@H]1OC(CO)[C@@H](O)[C@H](O)[C@H]1O. The van der Waals surface area contributed by atoms with Gasteiger partial charge in [-0.2, -0.15) is 0 Å². The first-order chi connectivity index (χ1) is 6.97. The Morgan fingerprint density at radius 3 is 2.07 bits per heavy atom. The first-order valence-corrected chi connectivity index (χ1v) is 4.49. The third kappa shape index (κ3) is 2.64. The lowest BCUT2D eigenvalue weighted by Crippen LogP contribution is -2.58. The van der Waals surface area contributed by atoms with Crippen molar-refractivity contribution in [3.8, 4) is 0 Å². The van der Waals surface area contributed by atoms with E-state index in [4.69, 9.17) is 14.9 Å². The number of aliphatic carboxylic acids is 1. The van der Waals surface area contributed by atoms with Crippen molar-refractivity contribution in [3.05, 3.63) is 0 Å². The molecule has 1 rings (SSSR count). The van der Waals surface area contributed by atoms with Crippen molar-refractivity contribution in [1.29, 1.82) is 0 Å². The molecule has 0 radical (unpaired) electrons. The molecular formula is C8H14O7. The second kappa shape index (κ2) is 4.86. The molecule has 0 aromatic carbocycles. The van der Waals surface area contributed by atoms with Crippen LogP contribution in [0.15, 0.2) is 0 Å². The van der Waals surface area contributed by atoms with E-state index in [0.717, 1.165) is 0 Å². The van der Waals surface area contributed by atoms with Crippen LogP contribution >= 0.6 is 0 Å². The predicted octanol–water partition coefficient (Wildman–Crippen LogP) is -2.70. The second-order valence-electron chi connectivity index (χ2n) is 3.47. The Hall–Kier alpha value is -0.730. The lowest BCUT2D eigenvalue weighted by molar-refractivity contribution is -0.231. The zero-order chi connectivity index (χ0) is 11.6. The van der Waals surface area contributed by atoms with Crippen molar-refractivity contribution >= 4 is 5.97 Å². The molecule has 88 valence electrons. The number of aliphatic hydroxyl groups excluding tert-OH is 4. The van der Waals surface area contributed by atoms with Crippen molar-refractivity contribution in [3.63, 3.8) is 0 Å². The van der Waals surface area contributed by atoms with E-state index >= 15 is 0 Å². The molecule has 7 nitrogen and oxygen atoms in total. The minimum absolute atomic E-state index is 0.499. The van der Waals surface area contributed by atoms with E-state index in [-0.39, 0.29) is 0 Å². The van der Waals surface area contributed by atoms with Gasteiger partial charge in [-0.05, 0) is 0 Å². The van der Waals surface area contributed by atoms with Gasteiger partial charge in [-0.1, -0.05) is 0 Å². The van der Waals surface area contributed by atoms with Crippen molar-refractivity contribution in [2.24, 2.45) is 0 Å². The Morgan fingerprint density at radius 2 is 1.60 bits per heavy atom. The molecule has 1 heterocycles. The molecule has 0 amide bonds. The maximum absolute atomic E-state index is 10.4. The topological polar surface area (TPSA) is 127 Å². The van der Waals surface area contributed by atoms with Gasteiger partial charge < -0.3 is 30.3 Å². The van der Waals surface area contributed by atoms with Crippen LogP contribution in [0.25, 0.3) is 0 Å². The highest BCUT2D eigenvalue weighted by atomic mass is 16.5. The Kier molecular flexibility index (Phi) is 4.00. The first kappa shape index (κ1) is 12.3. The van der Waals surface area contributed by atoms with Crippen LogP contribution in [0, 0.1) is 0 Å². The standard InChI is InChI=1S/C8H14O7/c9-2-4-7(13)8(14)6(12)3(15-4)1-5(10)11/h3-4,6-9,12-14H,1-2H2,(H,10,11)/t3-,4?,6-,7+,8+/m0/s1. The summed E-state index contributed by atoms with van der Waals surface area (Å²) in [5, 5.41) is 45.3. The number of rotatable bonds is 3. The van der Waals surface area contributed by atoms with Gasteiger partial charge in [0, 0.05) is 0 Å². The molecule has 1 saturated heterocycles. The molecule has 0 aromatic heterocycles. The Labute approximate surface area is 85.5 Å². The lowest BCUT2D eigenvalue weighted by Gasteiger charge is -2.39. The molecule has 0 spiro atoms. The van der Waals surface area contributed by atoms with Crippen LogP contribution in [0.4, 0.5) is 0 Å². The van der Waals surface area contributed by atoms with Gasteiger partial charge in [0.2, 0.25) is 0 Å². The van der Waals surface area contributed by atoms with Crippen molar-refractivity contribution < 1.29 is 35.1 Å². The summed E-state index contributed by atoms with van der Waals surface area (Å²) >= 11 is 0. The molecule has 1 aliphatic rings. The number of aliphatic hydroxyl groups is 4. The molecule has 0 saturated carbocycles.